The van der Waals surface area contributed by atoms with Crippen LogP contribution in [0.3, 0.4) is 0 Å². The molecule has 30 heavy (non-hydrogen) atoms. The average molecular weight is 418 g/mol. The summed E-state index contributed by atoms with van der Waals surface area (Å²) in [4.78, 5) is 29.2. The summed E-state index contributed by atoms with van der Waals surface area (Å²) in [5, 5.41) is 0.970. The van der Waals surface area contributed by atoms with Crippen LogP contribution in [0.4, 0.5) is 4.79 Å². The Bertz CT molecular complexity index is 884. The van der Waals surface area contributed by atoms with Crippen LogP contribution >= 0.6 is 0 Å². The summed E-state index contributed by atoms with van der Waals surface area (Å²) in [5.74, 6) is 0.221. The van der Waals surface area contributed by atoms with E-state index in [0.717, 1.165) is 49.8 Å². The molecule has 1 aliphatic heterocycles. The second kappa shape index (κ2) is 9.95. The largest absolute Gasteiger partial charge is 0.497 e. The Labute approximate surface area is 177 Å². The number of methoxy groups -OCH3 is 1. The molecule has 2 heterocycles. The van der Waals surface area contributed by atoms with Gasteiger partial charge in [0, 0.05) is 24.2 Å². The maximum absolute atomic E-state index is 12.7. The number of likely N-dealkylation sites (N-methyl/N-ethyl adjacent to an activating group) is 1. The van der Waals surface area contributed by atoms with Gasteiger partial charge in [-0.25, -0.2) is 4.79 Å². The maximum atomic E-state index is 12.7. The quantitative estimate of drug-likeness (QED) is 0.506. The molecule has 164 valence electrons. The lowest BCUT2D eigenvalue weighted by atomic mass is 9.97. The first-order valence-corrected chi connectivity index (χ1v) is 10.2. The van der Waals surface area contributed by atoms with Crippen molar-refractivity contribution in [2.24, 2.45) is 5.92 Å². The molecule has 0 aliphatic carbocycles. The number of piperidine rings is 1. The Hall–Kier alpha value is -2.58. The van der Waals surface area contributed by atoms with Gasteiger partial charge in [0.15, 0.2) is 0 Å². The van der Waals surface area contributed by atoms with E-state index >= 15 is 0 Å². The van der Waals surface area contributed by atoms with Gasteiger partial charge in [-0.3, -0.25) is 9.36 Å². The monoisotopic (exact) mass is 417 g/mol. The fourth-order valence-electron chi connectivity index (χ4n) is 3.67. The van der Waals surface area contributed by atoms with Gasteiger partial charge in [0.05, 0.1) is 18.5 Å². The van der Waals surface area contributed by atoms with Gasteiger partial charge in [0.2, 0.25) is 6.79 Å². The minimum atomic E-state index is -0.583. The number of hydrogen-bond acceptors (Lipinski definition) is 7. The summed E-state index contributed by atoms with van der Waals surface area (Å²) in [5.41, 5.74) is 1.75. The molecular formula is C22H31N3O5. The highest BCUT2D eigenvalue weighted by Gasteiger charge is 2.25. The maximum Gasteiger partial charge on any atom is 0.421 e. The van der Waals surface area contributed by atoms with E-state index in [2.05, 4.69) is 9.80 Å². The van der Waals surface area contributed by atoms with Crippen LogP contribution in [-0.4, -0.2) is 81.1 Å². The summed E-state index contributed by atoms with van der Waals surface area (Å²) in [6.45, 7) is 2.20. The number of esters is 1. The van der Waals surface area contributed by atoms with Crippen LogP contribution in [0.15, 0.2) is 24.4 Å². The van der Waals surface area contributed by atoms with Crippen molar-refractivity contribution in [2.45, 2.75) is 19.3 Å². The molecule has 0 saturated carbocycles. The summed E-state index contributed by atoms with van der Waals surface area (Å²) in [6.07, 6.45) is 3.53. The first-order valence-electron chi connectivity index (χ1n) is 10.2. The summed E-state index contributed by atoms with van der Waals surface area (Å²) in [6, 6.07) is 5.63. The molecule has 8 nitrogen and oxygen atoms in total. The van der Waals surface area contributed by atoms with Crippen molar-refractivity contribution in [1.82, 2.24) is 14.4 Å². The smallest absolute Gasteiger partial charge is 0.421 e. The van der Waals surface area contributed by atoms with Crippen LogP contribution in [0.1, 0.15) is 18.4 Å². The Kier molecular flexibility index (Phi) is 7.33. The standard InChI is InChI=1S/C22H31N3O5/c1-23(2)10-7-17-14-25(20-13-18(28-4)5-6-19(17)20)22(27)30-15-29-21(26)16-8-11-24(3)12-9-16/h5-6,13-14,16H,7-12,15H2,1-4H3. The highest BCUT2D eigenvalue weighted by molar-refractivity contribution is 5.92. The van der Waals surface area contributed by atoms with Crippen molar-refractivity contribution < 1.29 is 23.8 Å². The number of carbonyl (C=O) groups is 2. The van der Waals surface area contributed by atoms with Gasteiger partial charge in [-0.1, -0.05) is 0 Å². The van der Waals surface area contributed by atoms with E-state index in [-0.39, 0.29) is 18.7 Å². The fraction of sp³-hybridized carbons (Fsp3) is 0.545. The van der Waals surface area contributed by atoms with Crippen molar-refractivity contribution in [2.75, 3.05) is 54.7 Å². The molecule has 1 aliphatic rings. The minimum Gasteiger partial charge on any atom is -0.497 e. The number of aromatic nitrogens is 1. The molecule has 0 N–H and O–H groups in total. The first-order chi connectivity index (χ1) is 14.4. The van der Waals surface area contributed by atoms with E-state index in [1.165, 1.54) is 4.57 Å². The number of hydrogen-bond donors (Lipinski definition) is 0. The summed E-state index contributed by atoms with van der Waals surface area (Å²) < 4.78 is 17.2. The third-order valence-corrected chi connectivity index (χ3v) is 5.56. The Balaban J connectivity index is 1.66. The number of fused-ring (bicyclic) bond motifs is 1. The molecule has 0 unspecified atom stereocenters. The molecule has 0 amide bonds. The minimum absolute atomic E-state index is 0.130. The topological polar surface area (TPSA) is 73.2 Å². The Morgan fingerprint density at radius 1 is 1.17 bits per heavy atom. The van der Waals surface area contributed by atoms with Gasteiger partial charge in [0.25, 0.3) is 0 Å². The zero-order chi connectivity index (χ0) is 21.7. The van der Waals surface area contributed by atoms with E-state index in [4.69, 9.17) is 14.2 Å². The van der Waals surface area contributed by atoms with Crippen molar-refractivity contribution in [3.63, 3.8) is 0 Å². The molecule has 3 rings (SSSR count). The van der Waals surface area contributed by atoms with E-state index in [1.807, 2.05) is 33.3 Å². The number of benzene rings is 1. The third-order valence-electron chi connectivity index (χ3n) is 5.56. The van der Waals surface area contributed by atoms with Crippen LogP contribution in [-0.2, 0) is 20.7 Å². The van der Waals surface area contributed by atoms with Crippen LogP contribution in [0, 0.1) is 5.92 Å². The number of carbonyl (C=O) groups excluding carboxylic acids is 2. The third kappa shape index (κ3) is 5.31. The van der Waals surface area contributed by atoms with Crippen LogP contribution < -0.4 is 4.74 Å². The molecular weight excluding hydrogens is 386 g/mol. The van der Waals surface area contributed by atoms with Crippen LogP contribution in [0.2, 0.25) is 0 Å². The molecule has 1 aromatic carbocycles. The van der Waals surface area contributed by atoms with Crippen molar-refractivity contribution in [3.05, 3.63) is 30.0 Å². The van der Waals surface area contributed by atoms with E-state index in [1.54, 1.807) is 19.4 Å². The Morgan fingerprint density at radius 2 is 1.90 bits per heavy atom. The average Bonchev–Trinajstić information content (AvgIpc) is 3.10. The lowest BCUT2D eigenvalue weighted by Gasteiger charge is -2.27. The number of nitrogens with zero attached hydrogens (tertiary/aromatic N) is 3. The zero-order valence-corrected chi connectivity index (χ0v) is 18.2. The lowest BCUT2D eigenvalue weighted by molar-refractivity contribution is -0.158. The second-order valence-electron chi connectivity index (χ2n) is 8.03. The van der Waals surface area contributed by atoms with Crippen LogP contribution in [0.25, 0.3) is 10.9 Å². The van der Waals surface area contributed by atoms with E-state index in [0.29, 0.717) is 11.3 Å². The van der Waals surface area contributed by atoms with E-state index < -0.39 is 6.09 Å². The van der Waals surface area contributed by atoms with Gasteiger partial charge >= 0.3 is 12.1 Å². The fourth-order valence-corrected chi connectivity index (χ4v) is 3.67. The second-order valence-corrected chi connectivity index (χ2v) is 8.03. The number of rotatable bonds is 7. The van der Waals surface area contributed by atoms with Gasteiger partial charge < -0.3 is 24.0 Å². The molecule has 0 radical (unpaired) electrons. The van der Waals surface area contributed by atoms with Gasteiger partial charge in [-0.05, 0) is 71.2 Å². The van der Waals surface area contributed by atoms with Gasteiger partial charge in [-0.2, -0.15) is 0 Å². The molecule has 1 aromatic heterocycles. The normalized spacial score (nSPS) is 15.5. The van der Waals surface area contributed by atoms with Gasteiger partial charge in [-0.15, -0.1) is 0 Å². The first kappa shape index (κ1) is 22.1. The van der Waals surface area contributed by atoms with Crippen molar-refractivity contribution in [1.29, 1.82) is 0 Å². The van der Waals surface area contributed by atoms with E-state index in [9.17, 15) is 9.59 Å². The van der Waals surface area contributed by atoms with Crippen molar-refractivity contribution in [3.8, 4) is 5.75 Å². The summed E-state index contributed by atoms with van der Waals surface area (Å²) >= 11 is 0. The zero-order valence-electron chi connectivity index (χ0n) is 18.2. The lowest BCUT2D eigenvalue weighted by Crippen LogP contribution is -2.34. The molecule has 0 bridgehead atoms. The molecule has 0 spiro atoms. The summed E-state index contributed by atoms with van der Waals surface area (Å²) in [7, 11) is 7.64. The number of likely N-dealkylation sites (tertiary alicyclic amines) is 1. The Morgan fingerprint density at radius 3 is 2.57 bits per heavy atom. The molecule has 1 fully saturated rings. The highest BCUT2D eigenvalue weighted by Crippen LogP contribution is 2.27. The predicted octanol–water partition coefficient (Wildman–Crippen LogP) is 2.58. The SMILES string of the molecule is COc1ccc2c(CCN(C)C)cn(C(=O)OCOC(=O)C3CCN(C)CC3)c2c1. The van der Waals surface area contributed by atoms with Crippen LogP contribution in [0.5, 0.6) is 5.75 Å². The van der Waals surface area contributed by atoms with Gasteiger partial charge in [0.1, 0.15) is 5.75 Å². The molecule has 8 heteroatoms. The molecule has 1 saturated heterocycles. The number of ether oxygens (including phenoxy) is 3. The van der Waals surface area contributed by atoms with Crippen molar-refractivity contribution >= 4 is 23.0 Å². The predicted molar refractivity (Wildman–Crippen MR) is 114 cm³/mol. The molecule has 2 aromatic rings. The molecule has 0 atom stereocenters. The highest BCUT2D eigenvalue weighted by atomic mass is 16.7.